The number of carbonyl (C=O) groups is 1. The van der Waals surface area contributed by atoms with Crippen molar-refractivity contribution in [2.24, 2.45) is 0 Å². The van der Waals surface area contributed by atoms with Gasteiger partial charge in [-0.1, -0.05) is 23.7 Å². The van der Waals surface area contributed by atoms with Gasteiger partial charge in [-0.2, -0.15) is 0 Å². The first-order valence-corrected chi connectivity index (χ1v) is 9.17. The third kappa shape index (κ3) is 3.10. The van der Waals surface area contributed by atoms with Crippen LogP contribution in [0.5, 0.6) is 11.5 Å². The number of para-hydroxylation sites is 2. The molecule has 3 heterocycles. The first-order valence-electron chi connectivity index (χ1n) is 7.09. The molecule has 2 aromatic heterocycles. The van der Waals surface area contributed by atoms with Gasteiger partial charge in [0.1, 0.15) is 6.61 Å². The van der Waals surface area contributed by atoms with Gasteiger partial charge < -0.3 is 9.47 Å². The summed E-state index contributed by atoms with van der Waals surface area (Å²) >= 11 is 8.74. The Bertz CT molecular complexity index is 893. The summed E-state index contributed by atoms with van der Waals surface area (Å²) in [6.45, 7) is 0.168. The molecule has 1 amide bonds. The van der Waals surface area contributed by atoms with E-state index in [1.807, 2.05) is 35.7 Å². The molecule has 0 radical (unpaired) electrons. The van der Waals surface area contributed by atoms with Gasteiger partial charge in [0, 0.05) is 5.38 Å². The Morgan fingerprint density at radius 1 is 1.25 bits per heavy atom. The Labute approximate surface area is 150 Å². The molecule has 1 N–H and O–H groups in total. The number of amides is 1. The minimum absolute atomic E-state index is 0.168. The normalized spacial score (nSPS) is 16.0. The number of thiophene rings is 1. The number of nitrogens with one attached hydrogen (secondary N) is 1. The van der Waals surface area contributed by atoms with Crippen LogP contribution in [-0.4, -0.2) is 23.6 Å². The van der Waals surface area contributed by atoms with E-state index in [0.717, 1.165) is 10.6 Å². The van der Waals surface area contributed by atoms with Crippen molar-refractivity contribution in [3.05, 3.63) is 46.1 Å². The smallest absolute Gasteiger partial charge is 0.270 e. The predicted molar refractivity (Wildman–Crippen MR) is 95.4 cm³/mol. The first kappa shape index (κ1) is 15.4. The Balaban J connectivity index is 1.44. The van der Waals surface area contributed by atoms with Crippen LogP contribution in [0.25, 0.3) is 10.6 Å². The van der Waals surface area contributed by atoms with Crippen molar-refractivity contribution >= 4 is 45.3 Å². The predicted octanol–water partition coefficient (Wildman–Crippen LogP) is 4.30. The molecule has 8 heteroatoms. The highest BCUT2D eigenvalue weighted by atomic mass is 35.5. The number of carbonyl (C=O) groups excluding carboxylic acids is 1. The van der Waals surface area contributed by atoms with Crippen molar-refractivity contribution in [3.63, 3.8) is 0 Å². The molecule has 0 aliphatic carbocycles. The minimum Gasteiger partial charge on any atom is -0.485 e. The molecule has 0 fully saturated rings. The van der Waals surface area contributed by atoms with Crippen LogP contribution in [0, 0.1) is 0 Å². The second kappa shape index (κ2) is 6.43. The van der Waals surface area contributed by atoms with E-state index in [9.17, 15) is 4.79 Å². The zero-order chi connectivity index (χ0) is 16.5. The topological polar surface area (TPSA) is 60.5 Å². The number of hydrogen-bond acceptors (Lipinski definition) is 6. The van der Waals surface area contributed by atoms with Crippen molar-refractivity contribution in [2.45, 2.75) is 6.10 Å². The lowest BCUT2D eigenvalue weighted by Crippen LogP contribution is -2.40. The van der Waals surface area contributed by atoms with Gasteiger partial charge in [-0.15, -0.1) is 22.7 Å². The number of rotatable bonds is 3. The van der Waals surface area contributed by atoms with Gasteiger partial charge >= 0.3 is 0 Å². The Hall–Kier alpha value is -2.09. The second-order valence-corrected chi connectivity index (χ2v) is 7.57. The summed E-state index contributed by atoms with van der Waals surface area (Å²) in [7, 11) is 0. The second-order valence-electron chi connectivity index (χ2n) is 5.00. The maximum absolute atomic E-state index is 12.4. The van der Waals surface area contributed by atoms with Gasteiger partial charge in [0.25, 0.3) is 5.91 Å². The van der Waals surface area contributed by atoms with Crippen molar-refractivity contribution in [2.75, 3.05) is 11.9 Å². The van der Waals surface area contributed by atoms with E-state index in [2.05, 4.69) is 10.3 Å². The maximum Gasteiger partial charge on any atom is 0.270 e. The fourth-order valence-electron chi connectivity index (χ4n) is 2.23. The molecule has 0 spiro atoms. The molecular weight excluding hydrogens is 368 g/mol. The molecule has 5 nitrogen and oxygen atoms in total. The van der Waals surface area contributed by atoms with E-state index in [1.54, 1.807) is 6.07 Å². The van der Waals surface area contributed by atoms with E-state index in [1.165, 1.54) is 22.7 Å². The van der Waals surface area contributed by atoms with Crippen LogP contribution in [0.3, 0.4) is 0 Å². The number of halogens is 1. The van der Waals surface area contributed by atoms with E-state index >= 15 is 0 Å². The molecule has 4 rings (SSSR count). The number of anilines is 1. The summed E-state index contributed by atoms with van der Waals surface area (Å²) < 4.78 is 11.9. The van der Waals surface area contributed by atoms with Crippen LogP contribution in [0.1, 0.15) is 0 Å². The average Bonchev–Trinajstić information content (AvgIpc) is 3.23. The monoisotopic (exact) mass is 378 g/mol. The van der Waals surface area contributed by atoms with E-state index in [0.29, 0.717) is 21.0 Å². The van der Waals surface area contributed by atoms with E-state index in [-0.39, 0.29) is 12.5 Å². The van der Waals surface area contributed by atoms with Gasteiger partial charge in [-0.3, -0.25) is 10.1 Å². The Morgan fingerprint density at radius 2 is 2.08 bits per heavy atom. The van der Waals surface area contributed by atoms with E-state index in [4.69, 9.17) is 21.1 Å². The number of benzene rings is 1. The molecule has 3 aromatic rings. The van der Waals surface area contributed by atoms with Crippen molar-refractivity contribution in [1.82, 2.24) is 4.98 Å². The van der Waals surface area contributed by atoms with Gasteiger partial charge in [0.2, 0.25) is 6.10 Å². The lowest BCUT2D eigenvalue weighted by atomic mass is 10.2. The maximum atomic E-state index is 12.4. The molecule has 122 valence electrons. The first-order chi connectivity index (χ1) is 11.7. The number of hydrogen-bond donors (Lipinski definition) is 1. The Morgan fingerprint density at radius 3 is 2.88 bits per heavy atom. The molecule has 24 heavy (non-hydrogen) atoms. The molecule has 1 aromatic carbocycles. The average molecular weight is 379 g/mol. The van der Waals surface area contributed by atoms with Crippen LogP contribution >= 0.6 is 34.3 Å². The molecule has 0 unspecified atom stereocenters. The SMILES string of the molecule is O=C(Nc1nc(-c2ccc(Cl)s2)cs1)[C@H]1COc2ccccc2O1. The highest BCUT2D eigenvalue weighted by Gasteiger charge is 2.27. The summed E-state index contributed by atoms with van der Waals surface area (Å²) in [6.07, 6.45) is -0.705. The van der Waals surface area contributed by atoms with Crippen molar-refractivity contribution < 1.29 is 14.3 Å². The molecule has 1 aliphatic rings. The van der Waals surface area contributed by atoms with Crippen molar-refractivity contribution in [3.8, 4) is 22.1 Å². The summed E-state index contributed by atoms with van der Waals surface area (Å²) in [5, 5.41) is 5.17. The number of ether oxygens (including phenoxy) is 2. The molecule has 1 atom stereocenters. The zero-order valence-electron chi connectivity index (χ0n) is 12.2. The molecule has 1 aliphatic heterocycles. The number of nitrogens with zero attached hydrogens (tertiary/aromatic N) is 1. The minimum atomic E-state index is -0.705. The molecule has 0 bridgehead atoms. The number of aromatic nitrogens is 1. The summed E-state index contributed by atoms with van der Waals surface area (Å²) in [5.41, 5.74) is 0.790. The van der Waals surface area contributed by atoms with Crippen molar-refractivity contribution in [1.29, 1.82) is 0 Å². The fourth-order valence-corrected chi connectivity index (χ4v) is 4.02. The third-order valence-corrected chi connectivity index (χ3v) is 5.37. The van der Waals surface area contributed by atoms with Crippen LogP contribution in [0.15, 0.2) is 41.8 Å². The van der Waals surface area contributed by atoms with Crippen LogP contribution in [-0.2, 0) is 4.79 Å². The number of thiazole rings is 1. The Kier molecular flexibility index (Phi) is 4.13. The lowest BCUT2D eigenvalue weighted by molar-refractivity contribution is -0.125. The van der Waals surface area contributed by atoms with Gasteiger partial charge in [0.05, 0.1) is 14.9 Å². The van der Waals surface area contributed by atoms with Crippen LogP contribution in [0.2, 0.25) is 4.34 Å². The summed E-state index contributed by atoms with van der Waals surface area (Å²) in [6, 6.07) is 11.0. The zero-order valence-corrected chi connectivity index (χ0v) is 14.6. The summed E-state index contributed by atoms with van der Waals surface area (Å²) in [5.74, 6) is 0.930. The lowest BCUT2D eigenvalue weighted by Gasteiger charge is -2.25. The largest absolute Gasteiger partial charge is 0.485 e. The van der Waals surface area contributed by atoms with E-state index < -0.39 is 6.10 Å². The van der Waals surface area contributed by atoms with Gasteiger partial charge in [-0.25, -0.2) is 4.98 Å². The third-order valence-electron chi connectivity index (χ3n) is 3.36. The molecular formula is C16H11ClN2O3S2. The highest BCUT2D eigenvalue weighted by molar-refractivity contribution is 7.20. The standard InChI is InChI=1S/C16H11ClN2O3S2/c17-14-6-5-13(24-14)9-8-23-16(18-9)19-15(20)12-7-21-10-3-1-2-4-11(10)22-12/h1-6,8,12H,7H2,(H,18,19,20)/t12-/m1/s1. The molecule has 0 saturated carbocycles. The quantitative estimate of drug-likeness (QED) is 0.738. The fraction of sp³-hybridized carbons (Fsp3) is 0.125. The number of fused-ring (bicyclic) bond motifs is 1. The van der Waals surface area contributed by atoms with Gasteiger partial charge in [0.15, 0.2) is 16.6 Å². The van der Waals surface area contributed by atoms with Crippen LogP contribution < -0.4 is 14.8 Å². The van der Waals surface area contributed by atoms with Crippen LogP contribution in [0.4, 0.5) is 5.13 Å². The molecule has 0 saturated heterocycles. The van der Waals surface area contributed by atoms with Gasteiger partial charge in [-0.05, 0) is 24.3 Å². The highest BCUT2D eigenvalue weighted by Crippen LogP contribution is 2.34. The summed E-state index contributed by atoms with van der Waals surface area (Å²) in [4.78, 5) is 17.7.